The summed E-state index contributed by atoms with van der Waals surface area (Å²) < 4.78 is 1.78. The number of nitrogens with zero attached hydrogens (tertiary/aromatic N) is 4. The number of pyridine rings is 1. The van der Waals surface area contributed by atoms with Gasteiger partial charge in [-0.3, -0.25) is 9.79 Å². The molecule has 4 rings (SSSR count). The van der Waals surface area contributed by atoms with Crippen LogP contribution >= 0.6 is 11.6 Å². The van der Waals surface area contributed by atoms with Crippen molar-refractivity contribution in [2.24, 2.45) is 4.99 Å². The highest BCUT2D eigenvalue weighted by Crippen LogP contribution is 2.29. The second kappa shape index (κ2) is 6.96. The molecule has 0 atom stereocenters. The van der Waals surface area contributed by atoms with E-state index in [1.807, 2.05) is 44.2 Å². The number of allylic oxidation sites excluding steroid dienone is 1. The Labute approximate surface area is 161 Å². The van der Waals surface area contributed by atoms with Crippen LogP contribution in [-0.4, -0.2) is 26.4 Å². The van der Waals surface area contributed by atoms with E-state index in [1.54, 1.807) is 10.9 Å². The van der Waals surface area contributed by atoms with E-state index in [1.165, 1.54) is 6.20 Å². The monoisotopic (exact) mass is 379 g/mol. The van der Waals surface area contributed by atoms with Gasteiger partial charge in [-0.1, -0.05) is 35.4 Å². The number of amides is 1. The second-order valence-corrected chi connectivity index (χ2v) is 6.91. The topological polar surface area (TPSA) is 72.2 Å². The van der Waals surface area contributed by atoms with Gasteiger partial charge in [0.2, 0.25) is 0 Å². The Balaban J connectivity index is 1.66. The van der Waals surface area contributed by atoms with Crippen molar-refractivity contribution in [3.05, 3.63) is 64.6 Å². The molecular formula is C20H18ClN5O. The summed E-state index contributed by atoms with van der Waals surface area (Å²) in [5, 5.41) is 8.45. The Morgan fingerprint density at radius 2 is 2.04 bits per heavy atom. The number of aromatic nitrogens is 3. The van der Waals surface area contributed by atoms with Crippen molar-refractivity contribution in [1.29, 1.82) is 0 Å². The van der Waals surface area contributed by atoms with Crippen LogP contribution in [0.25, 0.3) is 11.0 Å². The van der Waals surface area contributed by atoms with Crippen LogP contribution in [0.2, 0.25) is 5.02 Å². The molecule has 0 bridgehead atoms. The van der Waals surface area contributed by atoms with Gasteiger partial charge in [-0.25, -0.2) is 9.67 Å². The van der Waals surface area contributed by atoms with Gasteiger partial charge in [0.25, 0.3) is 5.91 Å². The minimum absolute atomic E-state index is 0.297. The van der Waals surface area contributed by atoms with Crippen LogP contribution in [0.4, 0.5) is 5.69 Å². The normalized spacial score (nSPS) is 13.2. The fourth-order valence-corrected chi connectivity index (χ4v) is 3.41. The number of carbonyl (C=O) groups excluding carboxylic acids is 1. The minimum Gasteiger partial charge on any atom is -0.322 e. The highest BCUT2D eigenvalue weighted by atomic mass is 35.5. The van der Waals surface area contributed by atoms with E-state index in [2.05, 4.69) is 20.4 Å². The third kappa shape index (κ3) is 3.36. The third-order valence-electron chi connectivity index (χ3n) is 4.47. The van der Waals surface area contributed by atoms with Crippen molar-refractivity contribution in [3.8, 4) is 0 Å². The number of benzene rings is 1. The van der Waals surface area contributed by atoms with Gasteiger partial charge >= 0.3 is 0 Å². The number of hydrogen-bond acceptors (Lipinski definition) is 4. The summed E-state index contributed by atoms with van der Waals surface area (Å²) in [6.07, 6.45) is 6.11. The van der Waals surface area contributed by atoms with Crippen LogP contribution in [0.15, 0.2) is 47.7 Å². The molecule has 0 saturated heterocycles. The highest BCUT2D eigenvalue weighted by molar-refractivity contribution is 6.39. The quantitative estimate of drug-likeness (QED) is 0.734. The summed E-state index contributed by atoms with van der Waals surface area (Å²) in [4.78, 5) is 21.5. The number of carbonyl (C=O) groups is 1. The van der Waals surface area contributed by atoms with Gasteiger partial charge in [-0.15, -0.1) is 0 Å². The number of anilines is 1. The lowest BCUT2D eigenvalue weighted by Crippen LogP contribution is -2.14. The van der Waals surface area contributed by atoms with Gasteiger partial charge in [-0.05, 0) is 26.0 Å². The fourth-order valence-electron chi connectivity index (χ4n) is 3.06. The summed E-state index contributed by atoms with van der Waals surface area (Å²) in [6.45, 7) is 4.41. The Kier molecular flexibility index (Phi) is 4.49. The predicted octanol–water partition coefficient (Wildman–Crippen LogP) is 4.31. The van der Waals surface area contributed by atoms with Crippen LogP contribution in [0.3, 0.4) is 0 Å². The lowest BCUT2D eigenvalue weighted by Gasteiger charge is -2.08. The van der Waals surface area contributed by atoms with E-state index in [0.29, 0.717) is 33.9 Å². The molecule has 0 aliphatic carbocycles. The summed E-state index contributed by atoms with van der Waals surface area (Å²) >= 11 is 6.57. The molecule has 3 aromatic rings. The van der Waals surface area contributed by atoms with E-state index in [0.717, 1.165) is 23.4 Å². The Hall–Kier alpha value is -2.99. The number of halogens is 1. The van der Waals surface area contributed by atoms with Gasteiger partial charge < -0.3 is 5.32 Å². The molecule has 2 aromatic heterocycles. The summed E-state index contributed by atoms with van der Waals surface area (Å²) in [5.74, 6) is -0.297. The second-order valence-electron chi connectivity index (χ2n) is 6.53. The zero-order valence-electron chi connectivity index (χ0n) is 15.0. The molecule has 0 spiro atoms. The Bertz CT molecular complexity index is 1100. The molecule has 0 unspecified atom stereocenters. The van der Waals surface area contributed by atoms with Crippen LogP contribution in [-0.2, 0) is 6.54 Å². The number of nitrogens with one attached hydrogen (secondary N) is 1. The minimum atomic E-state index is -0.297. The van der Waals surface area contributed by atoms with Crippen LogP contribution in [0, 0.1) is 13.8 Å². The van der Waals surface area contributed by atoms with Gasteiger partial charge in [0.05, 0.1) is 28.2 Å². The van der Waals surface area contributed by atoms with E-state index in [-0.39, 0.29) is 5.91 Å². The first-order chi connectivity index (χ1) is 13.0. The fraction of sp³-hybridized carbons (Fsp3) is 0.200. The molecule has 1 amide bonds. The van der Waals surface area contributed by atoms with Crippen molar-refractivity contribution >= 4 is 39.9 Å². The molecule has 0 saturated carbocycles. The zero-order valence-corrected chi connectivity index (χ0v) is 15.8. The SMILES string of the molecule is Cc1ccc(NC(=O)c2cnc3c(c(C)nn3CC3=NC=CC3)c2Cl)cc1. The summed E-state index contributed by atoms with van der Waals surface area (Å²) in [6, 6.07) is 7.58. The maximum absolute atomic E-state index is 12.7. The highest BCUT2D eigenvalue weighted by Gasteiger charge is 2.20. The first-order valence-corrected chi connectivity index (χ1v) is 9.01. The van der Waals surface area contributed by atoms with Crippen LogP contribution < -0.4 is 5.32 Å². The first kappa shape index (κ1) is 17.4. The molecule has 0 fully saturated rings. The number of hydrogen-bond donors (Lipinski definition) is 1. The molecule has 136 valence electrons. The molecule has 6 nitrogen and oxygen atoms in total. The van der Waals surface area contributed by atoms with E-state index in [9.17, 15) is 4.79 Å². The predicted molar refractivity (Wildman–Crippen MR) is 108 cm³/mol. The van der Waals surface area contributed by atoms with Gasteiger partial charge in [0.1, 0.15) is 0 Å². The lowest BCUT2D eigenvalue weighted by molar-refractivity contribution is 0.102. The molecule has 3 heterocycles. The zero-order chi connectivity index (χ0) is 19.0. The standard InChI is InChI=1S/C20H18ClN5O/c1-12-5-7-14(8-6-12)24-20(27)16-10-23-19-17(18(16)21)13(2)25-26(19)11-15-4-3-9-22-15/h3,5-10H,4,11H2,1-2H3,(H,24,27). The van der Waals surface area contributed by atoms with E-state index >= 15 is 0 Å². The molecule has 7 heteroatoms. The maximum Gasteiger partial charge on any atom is 0.258 e. The van der Waals surface area contributed by atoms with Crippen molar-refractivity contribution in [3.63, 3.8) is 0 Å². The van der Waals surface area contributed by atoms with Crippen LogP contribution in [0.5, 0.6) is 0 Å². The van der Waals surface area contributed by atoms with Gasteiger partial charge in [0.15, 0.2) is 5.65 Å². The third-order valence-corrected chi connectivity index (χ3v) is 4.87. The van der Waals surface area contributed by atoms with Crippen molar-refractivity contribution in [2.75, 3.05) is 5.32 Å². The number of aliphatic imine (C=N–C) groups is 1. The molecule has 0 radical (unpaired) electrons. The van der Waals surface area contributed by atoms with Crippen LogP contribution in [0.1, 0.15) is 28.0 Å². The average Bonchev–Trinajstić information content (AvgIpc) is 3.26. The number of rotatable bonds is 4. The first-order valence-electron chi connectivity index (χ1n) is 8.63. The number of aryl methyl sites for hydroxylation is 2. The molecule has 1 N–H and O–H groups in total. The molecule has 1 aromatic carbocycles. The molecule has 1 aliphatic rings. The molecular weight excluding hydrogens is 362 g/mol. The lowest BCUT2D eigenvalue weighted by atomic mass is 10.1. The van der Waals surface area contributed by atoms with E-state index in [4.69, 9.17) is 11.6 Å². The average molecular weight is 380 g/mol. The van der Waals surface area contributed by atoms with Gasteiger partial charge in [-0.2, -0.15) is 5.10 Å². The Morgan fingerprint density at radius 3 is 2.74 bits per heavy atom. The van der Waals surface area contributed by atoms with Crippen molar-refractivity contribution in [2.45, 2.75) is 26.8 Å². The van der Waals surface area contributed by atoms with E-state index < -0.39 is 0 Å². The molecule has 27 heavy (non-hydrogen) atoms. The van der Waals surface area contributed by atoms with Crippen molar-refractivity contribution in [1.82, 2.24) is 14.8 Å². The van der Waals surface area contributed by atoms with Gasteiger partial charge in [0, 0.05) is 30.2 Å². The maximum atomic E-state index is 12.7. The summed E-state index contributed by atoms with van der Waals surface area (Å²) in [5.41, 5.74) is 4.56. The summed E-state index contributed by atoms with van der Waals surface area (Å²) in [7, 11) is 0. The molecule has 1 aliphatic heterocycles. The Morgan fingerprint density at radius 1 is 1.26 bits per heavy atom. The number of fused-ring (bicyclic) bond motifs is 1. The largest absolute Gasteiger partial charge is 0.322 e. The van der Waals surface area contributed by atoms with Crippen molar-refractivity contribution < 1.29 is 4.79 Å². The smallest absolute Gasteiger partial charge is 0.258 e.